The molecule has 154 valence electrons. The Bertz CT molecular complexity index is 1100. The zero-order valence-corrected chi connectivity index (χ0v) is 17.7. The number of carboxylic acids is 1. The zero-order valence-electron chi connectivity index (χ0n) is 16.9. The van der Waals surface area contributed by atoms with Gasteiger partial charge >= 0.3 is 5.97 Å². The molecule has 1 saturated heterocycles. The molecule has 1 N–H and O–H groups in total. The Kier molecular flexibility index (Phi) is 4.70. The number of anilines is 1. The van der Waals surface area contributed by atoms with E-state index in [9.17, 15) is 19.5 Å². The quantitative estimate of drug-likeness (QED) is 0.808. The van der Waals surface area contributed by atoms with Crippen molar-refractivity contribution in [3.63, 3.8) is 0 Å². The van der Waals surface area contributed by atoms with Gasteiger partial charge in [-0.05, 0) is 33.9 Å². The number of benzene rings is 1. The van der Waals surface area contributed by atoms with Crippen molar-refractivity contribution in [2.75, 3.05) is 25.0 Å². The number of carbonyl (C=O) groups excluding carboxylic acids is 1. The van der Waals surface area contributed by atoms with Crippen LogP contribution in [-0.2, 0) is 0 Å². The van der Waals surface area contributed by atoms with Crippen molar-refractivity contribution in [1.29, 1.82) is 0 Å². The monoisotopic (exact) mass is 417 g/mol. The van der Waals surface area contributed by atoms with Crippen molar-refractivity contribution in [1.82, 2.24) is 9.47 Å². The molecule has 0 spiro atoms. The first-order valence-corrected chi connectivity index (χ1v) is 10.1. The minimum atomic E-state index is -1.28. The summed E-state index contributed by atoms with van der Waals surface area (Å²) in [5.41, 5.74) is 0.654. The Morgan fingerprint density at radius 2 is 1.76 bits per heavy atom. The fraction of sp³-hybridized carbons (Fsp3) is 0.476. The zero-order chi connectivity index (χ0) is 21.2. The molecule has 1 aromatic carbocycles. The second kappa shape index (κ2) is 6.85. The molecule has 4 rings (SSSR count). The van der Waals surface area contributed by atoms with Gasteiger partial charge in [-0.3, -0.25) is 14.5 Å². The minimum Gasteiger partial charge on any atom is -0.477 e. The van der Waals surface area contributed by atoms with Crippen molar-refractivity contribution in [3.05, 3.63) is 38.6 Å². The standard InChI is InChI=1S/C21H24ClN3O4/c1-10-5-16(26)17-18-13(20(27)14(21(28)29)9-25(10)18)6-15(22)19(17)24-7-11(2)23(4)12(3)8-24/h6,9-12H,5,7-8H2,1-4H3,(H,28,29). The van der Waals surface area contributed by atoms with E-state index in [1.807, 2.05) is 6.92 Å². The molecule has 0 saturated carbocycles. The highest BCUT2D eigenvalue weighted by Crippen LogP contribution is 2.41. The molecule has 0 amide bonds. The Hall–Kier alpha value is -2.38. The summed E-state index contributed by atoms with van der Waals surface area (Å²) in [5.74, 6) is -1.35. The van der Waals surface area contributed by atoms with Crippen molar-refractivity contribution in [3.8, 4) is 0 Å². The van der Waals surface area contributed by atoms with E-state index in [2.05, 4.69) is 30.7 Å². The van der Waals surface area contributed by atoms with E-state index in [-0.39, 0.29) is 41.3 Å². The van der Waals surface area contributed by atoms with Crippen molar-refractivity contribution in [2.24, 2.45) is 0 Å². The molecule has 3 heterocycles. The fourth-order valence-electron chi connectivity index (χ4n) is 4.61. The molecule has 0 radical (unpaired) electrons. The molecule has 2 aromatic rings. The van der Waals surface area contributed by atoms with Crippen LogP contribution in [0.4, 0.5) is 5.69 Å². The average molecular weight is 418 g/mol. The van der Waals surface area contributed by atoms with Gasteiger partial charge in [0.15, 0.2) is 5.78 Å². The van der Waals surface area contributed by atoms with Crippen LogP contribution in [0.15, 0.2) is 17.1 Å². The highest BCUT2D eigenvalue weighted by atomic mass is 35.5. The Morgan fingerprint density at radius 3 is 2.34 bits per heavy atom. The van der Waals surface area contributed by atoms with Crippen LogP contribution in [0.25, 0.3) is 10.9 Å². The Labute approximate surface area is 173 Å². The first kappa shape index (κ1) is 19.9. The number of piperazine rings is 1. The molecule has 3 atom stereocenters. The molecule has 2 aliphatic rings. The number of halogens is 1. The van der Waals surface area contributed by atoms with E-state index >= 15 is 0 Å². The number of rotatable bonds is 2. The van der Waals surface area contributed by atoms with Crippen molar-refractivity contribution < 1.29 is 14.7 Å². The van der Waals surface area contributed by atoms with Gasteiger partial charge in [0, 0.05) is 49.2 Å². The maximum absolute atomic E-state index is 13.1. The van der Waals surface area contributed by atoms with Gasteiger partial charge in [-0.15, -0.1) is 0 Å². The molecule has 3 unspecified atom stereocenters. The third-order valence-electron chi connectivity index (χ3n) is 6.38. The molecular formula is C21H24ClN3O4. The van der Waals surface area contributed by atoms with E-state index in [1.54, 1.807) is 4.57 Å². The summed E-state index contributed by atoms with van der Waals surface area (Å²) >= 11 is 6.63. The van der Waals surface area contributed by atoms with Crippen LogP contribution >= 0.6 is 11.6 Å². The highest BCUT2D eigenvalue weighted by molar-refractivity contribution is 6.36. The smallest absolute Gasteiger partial charge is 0.341 e. The van der Waals surface area contributed by atoms with Gasteiger partial charge in [0.05, 0.1) is 21.8 Å². The van der Waals surface area contributed by atoms with Gasteiger partial charge in [-0.1, -0.05) is 11.6 Å². The van der Waals surface area contributed by atoms with E-state index < -0.39 is 11.4 Å². The maximum Gasteiger partial charge on any atom is 0.341 e. The molecule has 1 aromatic heterocycles. The number of Topliss-reactive ketones (excluding diaryl/α,β-unsaturated/α-hetero) is 1. The number of hydrogen-bond acceptors (Lipinski definition) is 5. The normalized spacial score (nSPS) is 24.9. The number of nitrogens with zero attached hydrogens (tertiary/aromatic N) is 3. The van der Waals surface area contributed by atoms with Gasteiger partial charge in [0.25, 0.3) is 0 Å². The third-order valence-corrected chi connectivity index (χ3v) is 6.67. The number of likely N-dealkylation sites (N-methyl/N-ethyl adjacent to an activating group) is 1. The second-order valence-electron chi connectivity index (χ2n) is 8.31. The number of pyridine rings is 1. The average Bonchev–Trinajstić information content (AvgIpc) is 2.64. The predicted molar refractivity (Wildman–Crippen MR) is 113 cm³/mol. The summed E-state index contributed by atoms with van der Waals surface area (Å²) in [6.07, 6.45) is 1.59. The first-order valence-electron chi connectivity index (χ1n) is 9.76. The van der Waals surface area contributed by atoms with Crippen molar-refractivity contribution >= 4 is 39.9 Å². The minimum absolute atomic E-state index is 0.0679. The topological polar surface area (TPSA) is 82.8 Å². The summed E-state index contributed by atoms with van der Waals surface area (Å²) in [4.78, 5) is 42.0. The van der Waals surface area contributed by atoms with Gasteiger partial charge in [-0.2, -0.15) is 0 Å². The molecular weight excluding hydrogens is 394 g/mol. The Balaban J connectivity index is 2.05. The van der Waals surface area contributed by atoms with Crippen LogP contribution in [0.3, 0.4) is 0 Å². The number of aromatic carboxylic acids is 1. The SMILES string of the molecule is CC1CN(c2c(Cl)cc3c(=O)c(C(=O)O)cn4c3c2C(=O)CC4C)CC(C)N1C. The van der Waals surface area contributed by atoms with Crippen LogP contribution < -0.4 is 10.3 Å². The predicted octanol–water partition coefficient (Wildman–Crippen LogP) is 3.03. The van der Waals surface area contributed by atoms with E-state index in [0.717, 1.165) is 0 Å². The van der Waals surface area contributed by atoms with Crippen molar-refractivity contribution in [2.45, 2.75) is 45.3 Å². The van der Waals surface area contributed by atoms with Crippen LogP contribution in [0.1, 0.15) is 53.9 Å². The number of carboxylic acid groups (broad SMARTS) is 1. The second-order valence-corrected chi connectivity index (χ2v) is 8.71. The molecule has 29 heavy (non-hydrogen) atoms. The molecule has 8 heteroatoms. The van der Waals surface area contributed by atoms with E-state index in [1.165, 1.54) is 12.3 Å². The molecule has 0 aliphatic carbocycles. The van der Waals surface area contributed by atoms with E-state index in [0.29, 0.717) is 34.9 Å². The number of hydrogen-bond donors (Lipinski definition) is 1. The van der Waals surface area contributed by atoms with Gasteiger partial charge in [0.2, 0.25) is 5.43 Å². The Morgan fingerprint density at radius 1 is 1.14 bits per heavy atom. The lowest BCUT2D eigenvalue weighted by molar-refractivity contribution is 0.0694. The number of carbonyl (C=O) groups is 2. The fourth-order valence-corrected chi connectivity index (χ4v) is 4.93. The largest absolute Gasteiger partial charge is 0.477 e. The molecule has 0 bridgehead atoms. The van der Waals surface area contributed by atoms with Crippen LogP contribution in [0, 0.1) is 0 Å². The summed E-state index contributed by atoms with van der Waals surface area (Å²) in [5, 5.41) is 9.95. The molecule has 1 fully saturated rings. The lowest BCUT2D eigenvalue weighted by Gasteiger charge is -2.44. The third kappa shape index (κ3) is 2.95. The highest BCUT2D eigenvalue weighted by Gasteiger charge is 2.35. The lowest BCUT2D eigenvalue weighted by Crippen LogP contribution is -2.55. The van der Waals surface area contributed by atoms with Crippen LogP contribution in [0.5, 0.6) is 0 Å². The van der Waals surface area contributed by atoms with Gasteiger partial charge in [-0.25, -0.2) is 4.79 Å². The molecule has 7 nitrogen and oxygen atoms in total. The van der Waals surface area contributed by atoms with E-state index in [4.69, 9.17) is 11.6 Å². The maximum atomic E-state index is 13.1. The summed E-state index contributed by atoms with van der Waals surface area (Å²) in [6.45, 7) is 7.52. The van der Waals surface area contributed by atoms with Gasteiger partial charge in [0.1, 0.15) is 5.56 Å². The summed E-state index contributed by atoms with van der Waals surface area (Å²) < 4.78 is 1.75. The first-order chi connectivity index (χ1) is 13.6. The van der Waals surface area contributed by atoms with Crippen LogP contribution in [-0.4, -0.2) is 58.5 Å². The summed E-state index contributed by atoms with van der Waals surface area (Å²) in [7, 11) is 2.08. The van der Waals surface area contributed by atoms with Crippen LogP contribution in [0.2, 0.25) is 5.02 Å². The summed E-state index contributed by atoms with van der Waals surface area (Å²) in [6, 6.07) is 1.83. The lowest BCUT2D eigenvalue weighted by atomic mass is 9.92. The number of ketones is 1. The van der Waals surface area contributed by atoms with Gasteiger partial charge < -0.3 is 14.6 Å². The molecule has 2 aliphatic heterocycles. The number of aromatic nitrogens is 1.